The average Bonchev–Trinajstić information content (AvgIpc) is 2.54. The predicted octanol–water partition coefficient (Wildman–Crippen LogP) is 3.53. The van der Waals surface area contributed by atoms with Gasteiger partial charge in [-0.15, -0.1) is 0 Å². The van der Waals surface area contributed by atoms with Gasteiger partial charge in [0.25, 0.3) is 0 Å². The van der Waals surface area contributed by atoms with Crippen LogP contribution in [0, 0.1) is 0 Å². The van der Waals surface area contributed by atoms with E-state index in [4.69, 9.17) is 0 Å². The third kappa shape index (κ3) is 5.09. The number of unbranched alkanes of at least 4 members (excludes halogenated alkanes) is 2. The fourth-order valence-corrected chi connectivity index (χ4v) is 2.60. The topological polar surface area (TPSA) is 66.4 Å². The van der Waals surface area contributed by atoms with E-state index in [1.165, 1.54) is 0 Å². The van der Waals surface area contributed by atoms with E-state index in [0.29, 0.717) is 12.8 Å². The van der Waals surface area contributed by atoms with Gasteiger partial charge in [-0.3, -0.25) is 4.79 Å². The van der Waals surface area contributed by atoms with Gasteiger partial charge in [-0.25, -0.2) is 4.79 Å². The lowest BCUT2D eigenvalue weighted by Gasteiger charge is -2.15. The molecule has 0 radical (unpaired) electrons. The molecule has 2 aromatic rings. The average molecular weight is 313 g/mol. The number of nitrogens with one attached hydrogen (secondary N) is 1. The van der Waals surface area contributed by atoms with Crippen LogP contribution in [0.25, 0.3) is 10.8 Å². The monoisotopic (exact) mass is 313 g/mol. The van der Waals surface area contributed by atoms with E-state index in [1.54, 1.807) is 0 Å². The van der Waals surface area contributed by atoms with Crippen molar-refractivity contribution in [2.45, 2.75) is 45.1 Å². The van der Waals surface area contributed by atoms with Crippen LogP contribution in [-0.4, -0.2) is 23.0 Å². The van der Waals surface area contributed by atoms with Gasteiger partial charge in [0.05, 0.1) is 0 Å². The van der Waals surface area contributed by atoms with Gasteiger partial charge in [0, 0.05) is 12.8 Å². The van der Waals surface area contributed by atoms with E-state index in [9.17, 15) is 14.7 Å². The first-order chi connectivity index (χ1) is 11.1. The van der Waals surface area contributed by atoms with Gasteiger partial charge >= 0.3 is 5.97 Å². The summed E-state index contributed by atoms with van der Waals surface area (Å²) >= 11 is 0. The molecular formula is C19H23NO3. The van der Waals surface area contributed by atoms with Crippen molar-refractivity contribution in [2.75, 3.05) is 0 Å². The summed E-state index contributed by atoms with van der Waals surface area (Å²) in [7, 11) is 0. The SMILES string of the molecule is CCCCCC(=O)NC(Cc1ccc2ccccc2c1)C(=O)O. The number of hydrogen-bond donors (Lipinski definition) is 2. The maximum absolute atomic E-state index is 11.9. The molecule has 0 spiro atoms. The Hall–Kier alpha value is -2.36. The minimum absolute atomic E-state index is 0.188. The first-order valence-corrected chi connectivity index (χ1v) is 8.10. The molecule has 0 fully saturated rings. The molecule has 4 heteroatoms. The van der Waals surface area contributed by atoms with Crippen molar-refractivity contribution in [1.82, 2.24) is 5.32 Å². The minimum Gasteiger partial charge on any atom is -0.480 e. The second kappa shape index (κ2) is 8.32. The Labute approximate surface area is 136 Å². The van der Waals surface area contributed by atoms with E-state index < -0.39 is 12.0 Å². The van der Waals surface area contributed by atoms with Gasteiger partial charge in [-0.2, -0.15) is 0 Å². The Bertz CT molecular complexity index is 681. The Balaban J connectivity index is 2.02. The molecule has 2 N–H and O–H groups in total. The quantitative estimate of drug-likeness (QED) is 0.733. The number of carbonyl (C=O) groups excluding carboxylic acids is 1. The van der Waals surface area contributed by atoms with Gasteiger partial charge < -0.3 is 10.4 Å². The molecule has 1 atom stereocenters. The first kappa shape index (κ1) is 17.0. The van der Waals surface area contributed by atoms with E-state index in [-0.39, 0.29) is 5.91 Å². The summed E-state index contributed by atoms with van der Waals surface area (Å²) in [5.74, 6) is -1.19. The van der Waals surface area contributed by atoms with Crippen molar-refractivity contribution in [3.8, 4) is 0 Å². The summed E-state index contributed by atoms with van der Waals surface area (Å²) in [4.78, 5) is 23.3. The first-order valence-electron chi connectivity index (χ1n) is 8.10. The van der Waals surface area contributed by atoms with Crippen LogP contribution in [0.3, 0.4) is 0 Å². The summed E-state index contributed by atoms with van der Waals surface area (Å²) in [6, 6.07) is 12.9. The molecule has 2 aromatic carbocycles. The lowest BCUT2D eigenvalue weighted by atomic mass is 10.0. The Morgan fingerprint density at radius 2 is 1.83 bits per heavy atom. The van der Waals surface area contributed by atoms with Gasteiger partial charge in [-0.1, -0.05) is 62.2 Å². The number of rotatable bonds is 8. The third-order valence-corrected chi connectivity index (χ3v) is 3.89. The summed E-state index contributed by atoms with van der Waals surface area (Å²) < 4.78 is 0. The molecule has 4 nitrogen and oxygen atoms in total. The highest BCUT2D eigenvalue weighted by Crippen LogP contribution is 2.17. The van der Waals surface area contributed by atoms with E-state index in [2.05, 4.69) is 12.2 Å². The smallest absolute Gasteiger partial charge is 0.326 e. The van der Waals surface area contributed by atoms with Crippen molar-refractivity contribution in [1.29, 1.82) is 0 Å². The molecule has 1 amide bonds. The predicted molar refractivity (Wildman–Crippen MR) is 91.4 cm³/mol. The second-order valence-electron chi connectivity index (χ2n) is 5.80. The van der Waals surface area contributed by atoms with Crippen LogP contribution in [0.2, 0.25) is 0 Å². The zero-order chi connectivity index (χ0) is 16.7. The molecular weight excluding hydrogens is 290 g/mol. The van der Waals surface area contributed by atoms with Crippen molar-refractivity contribution < 1.29 is 14.7 Å². The summed E-state index contributed by atoms with van der Waals surface area (Å²) in [5.41, 5.74) is 0.907. The van der Waals surface area contributed by atoms with Crippen molar-refractivity contribution in [3.05, 3.63) is 48.0 Å². The molecule has 0 saturated heterocycles. The van der Waals surface area contributed by atoms with Crippen molar-refractivity contribution in [2.24, 2.45) is 0 Å². The molecule has 0 saturated carbocycles. The van der Waals surface area contributed by atoms with Crippen LogP contribution < -0.4 is 5.32 Å². The minimum atomic E-state index is -0.998. The van der Waals surface area contributed by atoms with Gasteiger partial charge in [0.1, 0.15) is 6.04 Å². The molecule has 0 heterocycles. The van der Waals surface area contributed by atoms with Crippen LogP contribution in [0.5, 0.6) is 0 Å². The zero-order valence-electron chi connectivity index (χ0n) is 13.4. The molecule has 23 heavy (non-hydrogen) atoms. The molecule has 0 aliphatic carbocycles. The lowest BCUT2D eigenvalue weighted by molar-refractivity contribution is -0.141. The molecule has 2 rings (SSSR count). The normalized spacial score (nSPS) is 12.0. The summed E-state index contributed by atoms with van der Waals surface area (Å²) in [6.45, 7) is 2.07. The summed E-state index contributed by atoms with van der Waals surface area (Å²) in [6.07, 6.45) is 3.49. The fraction of sp³-hybridized carbons (Fsp3) is 0.368. The highest BCUT2D eigenvalue weighted by atomic mass is 16.4. The number of hydrogen-bond acceptors (Lipinski definition) is 2. The second-order valence-corrected chi connectivity index (χ2v) is 5.80. The van der Waals surface area contributed by atoms with Gasteiger partial charge in [0.2, 0.25) is 5.91 Å². The largest absolute Gasteiger partial charge is 0.480 e. The standard InChI is InChI=1S/C19H23NO3/c1-2-3-4-9-18(21)20-17(19(22)23)13-14-10-11-15-7-5-6-8-16(15)12-14/h5-8,10-12,17H,2-4,9,13H2,1H3,(H,20,21)(H,22,23). The molecule has 0 bridgehead atoms. The van der Waals surface area contributed by atoms with E-state index in [1.807, 2.05) is 42.5 Å². The number of benzene rings is 2. The maximum atomic E-state index is 11.9. The molecule has 0 aliphatic heterocycles. The van der Waals surface area contributed by atoms with Crippen LogP contribution in [0.15, 0.2) is 42.5 Å². The van der Waals surface area contributed by atoms with E-state index >= 15 is 0 Å². The third-order valence-electron chi connectivity index (χ3n) is 3.89. The summed E-state index contributed by atoms with van der Waals surface area (Å²) in [5, 5.41) is 14.2. The van der Waals surface area contributed by atoms with Crippen LogP contribution in [0.1, 0.15) is 38.2 Å². The number of amides is 1. The Morgan fingerprint density at radius 1 is 1.09 bits per heavy atom. The Morgan fingerprint density at radius 3 is 2.52 bits per heavy atom. The zero-order valence-corrected chi connectivity index (χ0v) is 13.4. The van der Waals surface area contributed by atoms with Crippen LogP contribution in [0.4, 0.5) is 0 Å². The van der Waals surface area contributed by atoms with Gasteiger partial charge in [0.15, 0.2) is 0 Å². The number of carboxylic acids is 1. The lowest BCUT2D eigenvalue weighted by Crippen LogP contribution is -2.42. The highest BCUT2D eigenvalue weighted by Gasteiger charge is 2.20. The molecule has 1 unspecified atom stereocenters. The number of carbonyl (C=O) groups is 2. The van der Waals surface area contributed by atoms with Crippen molar-refractivity contribution in [3.63, 3.8) is 0 Å². The maximum Gasteiger partial charge on any atom is 0.326 e. The molecule has 0 aliphatic rings. The highest BCUT2D eigenvalue weighted by molar-refractivity contribution is 5.85. The number of carboxylic acid groups (broad SMARTS) is 1. The number of fused-ring (bicyclic) bond motifs is 1. The van der Waals surface area contributed by atoms with Gasteiger partial charge in [-0.05, 0) is 22.8 Å². The van der Waals surface area contributed by atoms with E-state index in [0.717, 1.165) is 35.6 Å². The van der Waals surface area contributed by atoms with Crippen LogP contribution in [-0.2, 0) is 16.0 Å². The number of aliphatic carboxylic acids is 1. The van der Waals surface area contributed by atoms with Crippen molar-refractivity contribution >= 4 is 22.6 Å². The Kier molecular flexibility index (Phi) is 6.15. The molecule has 0 aromatic heterocycles. The van der Waals surface area contributed by atoms with Crippen LogP contribution >= 0.6 is 0 Å². The molecule has 122 valence electrons. The fourth-order valence-electron chi connectivity index (χ4n) is 2.60.